The molecule has 0 bridgehead atoms. The minimum atomic E-state index is -3.88. The molecule has 7 nitrogen and oxygen atoms in total. The van der Waals surface area contributed by atoms with Gasteiger partial charge in [0.15, 0.2) is 0 Å². The number of amides is 4. The van der Waals surface area contributed by atoms with E-state index in [-0.39, 0.29) is 41.0 Å². The van der Waals surface area contributed by atoms with Crippen molar-refractivity contribution in [2.45, 2.75) is 37.3 Å². The van der Waals surface area contributed by atoms with E-state index in [2.05, 4.69) is 10.6 Å². The van der Waals surface area contributed by atoms with Crippen LogP contribution in [0.25, 0.3) is 0 Å². The van der Waals surface area contributed by atoms with Gasteiger partial charge in [-0.15, -0.1) is 0 Å². The Balaban J connectivity index is 1.53. The molecule has 2 atom stereocenters. The standard InChI is InChI=1S/C22H16B2ClF2N3O4/c23-15-8-13-10(9-30(20(13)33)16-5-6-17(31)28-19(16)32)7-14(15)18(24)29-21(34)22(26,27)11-1-3-12(25)4-2-11/h1-4,7-8,16,18H,5-6,9H2,(H,29,34)(H,28,31,32). The van der Waals surface area contributed by atoms with Crippen LogP contribution in [0.2, 0.25) is 5.02 Å². The Labute approximate surface area is 201 Å². The maximum atomic E-state index is 14.6. The Morgan fingerprint density at radius 2 is 1.88 bits per heavy atom. The van der Waals surface area contributed by atoms with E-state index < -0.39 is 47.1 Å². The molecule has 0 aromatic heterocycles. The maximum absolute atomic E-state index is 14.6. The summed E-state index contributed by atoms with van der Waals surface area (Å²) in [7, 11) is 12.0. The van der Waals surface area contributed by atoms with Gasteiger partial charge in [-0.25, -0.2) is 0 Å². The Morgan fingerprint density at radius 3 is 2.53 bits per heavy atom. The van der Waals surface area contributed by atoms with Crippen LogP contribution < -0.4 is 16.1 Å². The molecule has 4 amide bonds. The number of imide groups is 1. The molecular weight excluding hydrogens is 465 g/mol. The molecule has 12 heteroatoms. The third-order valence-electron chi connectivity index (χ3n) is 5.84. The predicted molar refractivity (Wildman–Crippen MR) is 120 cm³/mol. The number of halogens is 3. The summed E-state index contributed by atoms with van der Waals surface area (Å²) in [6, 6.07) is 6.50. The summed E-state index contributed by atoms with van der Waals surface area (Å²) in [6.07, 6.45) is 0.282. The Kier molecular flexibility index (Phi) is 6.24. The molecule has 1 saturated heterocycles. The third-order valence-corrected chi connectivity index (χ3v) is 6.09. The van der Waals surface area contributed by atoms with Gasteiger partial charge in [0, 0.05) is 35.1 Å². The van der Waals surface area contributed by atoms with Gasteiger partial charge in [-0.05, 0) is 29.7 Å². The number of alkyl halides is 2. The fourth-order valence-corrected chi connectivity index (χ4v) is 4.15. The SMILES string of the molecule is [B]c1cc2c(cc1C([B])NC(=O)C(F)(F)c1ccc(Cl)cc1)CN(C1CCC(=O)NC1=O)C2=O. The molecule has 170 valence electrons. The van der Waals surface area contributed by atoms with Crippen LogP contribution in [-0.4, -0.2) is 50.3 Å². The first-order valence-electron chi connectivity index (χ1n) is 10.3. The molecule has 2 unspecified atom stereocenters. The molecule has 1 fully saturated rings. The van der Waals surface area contributed by atoms with Gasteiger partial charge in [-0.1, -0.05) is 41.3 Å². The number of hydrogen-bond acceptors (Lipinski definition) is 4. The molecular formula is C22H16B2ClF2N3O4. The number of nitrogens with zero attached hydrogens (tertiary/aromatic N) is 1. The first-order valence-corrected chi connectivity index (χ1v) is 10.6. The van der Waals surface area contributed by atoms with Crippen LogP contribution in [-0.2, 0) is 26.9 Å². The lowest BCUT2D eigenvalue weighted by atomic mass is 9.78. The van der Waals surface area contributed by atoms with Crippen LogP contribution in [0.4, 0.5) is 8.78 Å². The summed E-state index contributed by atoms with van der Waals surface area (Å²) in [5, 5.41) is 4.50. The number of fused-ring (bicyclic) bond motifs is 1. The van der Waals surface area contributed by atoms with E-state index in [9.17, 15) is 28.0 Å². The number of hydrogen-bond donors (Lipinski definition) is 2. The van der Waals surface area contributed by atoms with Crippen molar-refractivity contribution in [1.29, 1.82) is 0 Å². The zero-order valence-corrected chi connectivity index (χ0v) is 18.4. The molecule has 4 rings (SSSR count). The van der Waals surface area contributed by atoms with Crippen molar-refractivity contribution in [2.75, 3.05) is 0 Å². The highest BCUT2D eigenvalue weighted by molar-refractivity contribution is 6.35. The second kappa shape index (κ2) is 8.87. The van der Waals surface area contributed by atoms with Crippen LogP contribution in [0.5, 0.6) is 0 Å². The second-order valence-corrected chi connectivity index (χ2v) is 8.51. The molecule has 2 N–H and O–H groups in total. The molecule has 0 spiro atoms. The van der Waals surface area contributed by atoms with E-state index in [0.29, 0.717) is 5.56 Å². The largest absolute Gasteiger partial charge is 0.352 e. The van der Waals surface area contributed by atoms with Crippen molar-refractivity contribution < 1.29 is 28.0 Å². The molecule has 2 aromatic carbocycles. The van der Waals surface area contributed by atoms with Crippen molar-refractivity contribution in [3.05, 3.63) is 63.7 Å². The topological polar surface area (TPSA) is 95.6 Å². The monoisotopic (exact) mass is 481 g/mol. The first-order chi connectivity index (χ1) is 16.0. The minimum Gasteiger partial charge on any atom is -0.352 e. The van der Waals surface area contributed by atoms with Gasteiger partial charge in [-0.2, -0.15) is 8.78 Å². The van der Waals surface area contributed by atoms with E-state index in [4.69, 9.17) is 27.3 Å². The average molecular weight is 481 g/mol. The quantitative estimate of drug-likeness (QED) is 0.492. The van der Waals surface area contributed by atoms with Crippen LogP contribution in [0.15, 0.2) is 36.4 Å². The molecule has 2 aliphatic rings. The van der Waals surface area contributed by atoms with Gasteiger partial charge in [0.25, 0.3) is 11.8 Å². The fraction of sp³-hybridized carbons (Fsp3) is 0.273. The third kappa shape index (κ3) is 4.32. The number of rotatable bonds is 5. The molecule has 0 aliphatic carbocycles. The van der Waals surface area contributed by atoms with Gasteiger partial charge >= 0.3 is 5.92 Å². The molecule has 2 aliphatic heterocycles. The van der Waals surface area contributed by atoms with E-state index >= 15 is 0 Å². The maximum Gasteiger partial charge on any atom is 0.349 e. The number of benzene rings is 2. The van der Waals surface area contributed by atoms with Gasteiger partial charge in [-0.3, -0.25) is 24.5 Å². The lowest BCUT2D eigenvalue weighted by Crippen LogP contribution is -2.52. The Bertz CT molecular complexity index is 1210. The highest BCUT2D eigenvalue weighted by Gasteiger charge is 2.42. The van der Waals surface area contributed by atoms with Crippen LogP contribution in [0.3, 0.4) is 0 Å². The van der Waals surface area contributed by atoms with Crippen molar-refractivity contribution >= 4 is 56.4 Å². The van der Waals surface area contributed by atoms with Gasteiger partial charge < -0.3 is 10.2 Å². The summed E-state index contributed by atoms with van der Waals surface area (Å²) in [5.74, 6) is -8.34. The van der Waals surface area contributed by atoms with E-state index in [0.717, 1.165) is 12.1 Å². The van der Waals surface area contributed by atoms with Crippen molar-refractivity contribution in [3.63, 3.8) is 0 Å². The van der Waals surface area contributed by atoms with Crippen LogP contribution >= 0.6 is 11.6 Å². The van der Waals surface area contributed by atoms with E-state index in [1.807, 2.05) is 0 Å². The van der Waals surface area contributed by atoms with Gasteiger partial charge in [0.2, 0.25) is 11.8 Å². The van der Waals surface area contributed by atoms with Gasteiger partial charge in [0.1, 0.15) is 21.7 Å². The number of piperidine rings is 1. The van der Waals surface area contributed by atoms with Crippen LogP contribution in [0, 0.1) is 0 Å². The fourth-order valence-electron chi connectivity index (χ4n) is 4.02. The number of carbonyl (C=O) groups excluding carboxylic acids is 4. The van der Waals surface area contributed by atoms with Crippen LogP contribution in [0.1, 0.15) is 45.8 Å². The number of carbonyl (C=O) groups is 4. The highest BCUT2D eigenvalue weighted by Crippen LogP contribution is 2.31. The summed E-state index contributed by atoms with van der Waals surface area (Å²) in [6.45, 7) is 0.0370. The highest BCUT2D eigenvalue weighted by atomic mass is 35.5. The minimum absolute atomic E-state index is 0.0137. The lowest BCUT2D eigenvalue weighted by molar-refractivity contribution is -0.147. The summed E-state index contributed by atoms with van der Waals surface area (Å²) in [5.41, 5.74) is 0.287. The average Bonchev–Trinajstić information content (AvgIpc) is 3.08. The normalized spacial score (nSPS) is 19.0. The zero-order valence-electron chi connectivity index (χ0n) is 17.6. The van der Waals surface area contributed by atoms with E-state index in [1.54, 1.807) is 0 Å². The smallest absolute Gasteiger partial charge is 0.349 e. The van der Waals surface area contributed by atoms with Crippen molar-refractivity contribution in [1.82, 2.24) is 15.5 Å². The molecule has 2 aromatic rings. The Hall–Kier alpha value is -3.20. The van der Waals surface area contributed by atoms with Gasteiger partial charge in [0.05, 0.1) is 0 Å². The molecule has 4 radical (unpaired) electrons. The first kappa shape index (κ1) is 23.9. The lowest BCUT2D eigenvalue weighted by Gasteiger charge is -2.29. The number of nitrogens with one attached hydrogen (secondary N) is 2. The van der Waals surface area contributed by atoms with Crippen molar-refractivity contribution in [3.8, 4) is 0 Å². The Morgan fingerprint density at radius 1 is 1.21 bits per heavy atom. The molecule has 2 heterocycles. The molecule has 0 saturated carbocycles. The zero-order chi connectivity index (χ0) is 24.8. The van der Waals surface area contributed by atoms with E-state index in [1.165, 1.54) is 29.2 Å². The summed E-state index contributed by atoms with van der Waals surface area (Å²) in [4.78, 5) is 50.0. The predicted octanol–water partition coefficient (Wildman–Crippen LogP) is 0.970. The summed E-state index contributed by atoms with van der Waals surface area (Å²) < 4.78 is 29.2. The second-order valence-electron chi connectivity index (χ2n) is 8.07. The molecule has 34 heavy (non-hydrogen) atoms. The van der Waals surface area contributed by atoms with Crippen molar-refractivity contribution in [2.24, 2.45) is 0 Å². The summed E-state index contributed by atoms with van der Waals surface area (Å²) >= 11 is 5.71.